The summed E-state index contributed by atoms with van der Waals surface area (Å²) in [6, 6.07) is 17.4. The zero-order chi connectivity index (χ0) is 24.3. The molecule has 1 aromatic heterocycles. The van der Waals surface area contributed by atoms with Crippen molar-refractivity contribution in [3.63, 3.8) is 0 Å². The van der Waals surface area contributed by atoms with Gasteiger partial charge in [0, 0.05) is 11.1 Å². The number of hydrogen-bond acceptors (Lipinski definition) is 4. The number of hydrogen-bond donors (Lipinski definition) is 1. The normalized spacial score (nSPS) is 14.9. The highest BCUT2D eigenvalue weighted by molar-refractivity contribution is 5.85. The van der Waals surface area contributed by atoms with Crippen molar-refractivity contribution in [3.8, 4) is 28.4 Å². The highest BCUT2D eigenvalue weighted by atomic mass is 35.5. The minimum atomic E-state index is 0. The Morgan fingerprint density at radius 3 is 1.74 bits per heavy atom. The molecule has 1 fully saturated rings. The second-order valence-corrected chi connectivity index (χ2v) is 11.6. The number of nitrogens with zero attached hydrogens (tertiary/aromatic N) is 2. The SMILES string of the molecule is CC(C)(C)c1ccc(-c2ncc(OCC3CCNCC3)nc2-c2ccc(C(C)(C)C)cc2)cc1.Cl. The van der Waals surface area contributed by atoms with Crippen LogP contribution in [-0.4, -0.2) is 29.7 Å². The summed E-state index contributed by atoms with van der Waals surface area (Å²) in [6.45, 7) is 16.2. The van der Waals surface area contributed by atoms with Crippen molar-refractivity contribution in [3.05, 3.63) is 65.9 Å². The Bertz CT molecular complexity index is 1090. The first-order valence-electron chi connectivity index (χ1n) is 12.5. The zero-order valence-corrected chi connectivity index (χ0v) is 22.8. The lowest BCUT2D eigenvalue weighted by Gasteiger charge is -2.22. The lowest BCUT2D eigenvalue weighted by Crippen LogP contribution is -2.30. The molecule has 0 bridgehead atoms. The summed E-state index contributed by atoms with van der Waals surface area (Å²) >= 11 is 0. The Labute approximate surface area is 217 Å². The number of benzene rings is 2. The molecule has 1 aliphatic heterocycles. The third kappa shape index (κ3) is 6.83. The zero-order valence-electron chi connectivity index (χ0n) is 22.0. The molecule has 5 heteroatoms. The van der Waals surface area contributed by atoms with Gasteiger partial charge < -0.3 is 10.1 Å². The summed E-state index contributed by atoms with van der Waals surface area (Å²) in [4.78, 5) is 9.82. The number of aromatic nitrogens is 2. The standard InChI is InChI=1S/C30H39N3O.ClH/c1-29(2,3)24-11-7-22(8-12-24)27-28(23-9-13-25(14-10-23)30(4,5)6)33-26(19-32-27)34-20-21-15-17-31-18-16-21;/h7-14,19,21,31H,15-18,20H2,1-6H3;1H. The van der Waals surface area contributed by atoms with Crippen molar-refractivity contribution in [2.24, 2.45) is 5.92 Å². The van der Waals surface area contributed by atoms with E-state index in [9.17, 15) is 0 Å². The van der Waals surface area contributed by atoms with E-state index in [1.54, 1.807) is 6.20 Å². The van der Waals surface area contributed by atoms with Gasteiger partial charge in [0.15, 0.2) is 0 Å². The van der Waals surface area contributed by atoms with E-state index in [1.165, 1.54) is 11.1 Å². The van der Waals surface area contributed by atoms with Crippen LogP contribution in [0.15, 0.2) is 54.7 Å². The molecule has 4 nitrogen and oxygen atoms in total. The molecule has 3 aromatic rings. The van der Waals surface area contributed by atoms with E-state index in [2.05, 4.69) is 95.4 Å². The molecule has 35 heavy (non-hydrogen) atoms. The van der Waals surface area contributed by atoms with Crippen LogP contribution in [0.4, 0.5) is 0 Å². The molecule has 0 radical (unpaired) electrons. The predicted molar refractivity (Wildman–Crippen MR) is 149 cm³/mol. The van der Waals surface area contributed by atoms with E-state index in [-0.39, 0.29) is 23.2 Å². The molecule has 2 heterocycles. The third-order valence-electron chi connectivity index (χ3n) is 6.72. The molecule has 0 unspecified atom stereocenters. The Hall–Kier alpha value is -2.43. The Kier molecular flexibility index (Phi) is 8.61. The molecule has 0 aliphatic carbocycles. The van der Waals surface area contributed by atoms with Crippen molar-refractivity contribution in [2.45, 2.75) is 65.2 Å². The van der Waals surface area contributed by atoms with Crippen molar-refractivity contribution < 1.29 is 4.74 Å². The van der Waals surface area contributed by atoms with E-state index >= 15 is 0 Å². The second kappa shape index (κ2) is 11.1. The average Bonchev–Trinajstić information content (AvgIpc) is 2.82. The van der Waals surface area contributed by atoms with E-state index in [0.717, 1.165) is 48.4 Å². The van der Waals surface area contributed by atoms with E-state index in [0.29, 0.717) is 18.4 Å². The minimum Gasteiger partial charge on any atom is -0.476 e. The number of nitrogens with one attached hydrogen (secondary N) is 1. The number of halogens is 1. The van der Waals surface area contributed by atoms with Gasteiger partial charge in [0.2, 0.25) is 5.88 Å². The van der Waals surface area contributed by atoms with E-state index in [4.69, 9.17) is 14.7 Å². The van der Waals surface area contributed by atoms with Gasteiger partial charge in [-0.25, -0.2) is 9.97 Å². The second-order valence-electron chi connectivity index (χ2n) is 11.6. The first-order chi connectivity index (χ1) is 16.1. The maximum atomic E-state index is 6.14. The molecule has 188 valence electrons. The molecule has 0 atom stereocenters. The molecular weight excluding hydrogens is 454 g/mol. The van der Waals surface area contributed by atoms with Gasteiger partial charge in [0.1, 0.15) is 5.69 Å². The van der Waals surface area contributed by atoms with Crippen molar-refractivity contribution in [1.82, 2.24) is 15.3 Å². The highest BCUT2D eigenvalue weighted by Crippen LogP contribution is 2.33. The van der Waals surface area contributed by atoms with Crippen molar-refractivity contribution in [1.29, 1.82) is 0 Å². The van der Waals surface area contributed by atoms with Gasteiger partial charge in [-0.3, -0.25) is 0 Å². The number of piperidine rings is 1. The van der Waals surface area contributed by atoms with Gasteiger partial charge in [-0.15, -0.1) is 12.4 Å². The van der Waals surface area contributed by atoms with Crippen LogP contribution in [0.1, 0.15) is 65.5 Å². The quantitative estimate of drug-likeness (QED) is 0.408. The fraction of sp³-hybridized carbons (Fsp3) is 0.467. The smallest absolute Gasteiger partial charge is 0.232 e. The van der Waals surface area contributed by atoms with Crippen molar-refractivity contribution >= 4 is 12.4 Å². The summed E-state index contributed by atoms with van der Waals surface area (Å²) in [7, 11) is 0. The monoisotopic (exact) mass is 493 g/mol. The predicted octanol–water partition coefficient (Wildman–Crippen LogP) is 7.21. The summed E-state index contributed by atoms with van der Waals surface area (Å²) in [5.74, 6) is 1.17. The van der Waals surface area contributed by atoms with Crippen LogP contribution in [-0.2, 0) is 10.8 Å². The van der Waals surface area contributed by atoms with Crippen LogP contribution in [0, 0.1) is 5.92 Å². The Balaban J connectivity index is 0.00000342. The van der Waals surface area contributed by atoms with Gasteiger partial charge in [0.25, 0.3) is 0 Å². The van der Waals surface area contributed by atoms with Gasteiger partial charge in [-0.05, 0) is 53.8 Å². The molecule has 1 aliphatic rings. The molecule has 1 saturated heterocycles. The maximum absolute atomic E-state index is 6.14. The fourth-order valence-corrected chi connectivity index (χ4v) is 4.36. The summed E-state index contributed by atoms with van der Waals surface area (Å²) in [5.41, 5.74) is 6.71. The van der Waals surface area contributed by atoms with Gasteiger partial charge in [-0.1, -0.05) is 90.1 Å². The molecule has 4 rings (SSSR count). The molecule has 0 spiro atoms. The third-order valence-corrected chi connectivity index (χ3v) is 6.72. The molecule has 0 amide bonds. The maximum Gasteiger partial charge on any atom is 0.232 e. The Morgan fingerprint density at radius 2 is 1.26 bits per heavy atom. The molecule has 1 N–H and O–H groups in total. The number of rotatable bonds is 5. The average molecular weight is 494 g/mol. The lowest BCUT2D eigenvalue weighted by molar-refractivity contribution is 0.208. The lowest BCUT2D eigenvalue weighted by atomic mass is 9.86. The molecular formula is C30H40ClN3O. The van der Waals surface area contributed by atoms with E-state index in [1.807, 2.05) is 0 Å². The Morgan fingerprint density at radius 1 is 0.771 bits per heavy atom. The fourth-order valence-electron chi connectivity index (χ4n) is 4.36. The highest BCUT2D eigenvalue weighted by Gasteiger charge is 2.19. The van der Waals surface area contributed by atoms with Crippen molar-refractivity contribution in [2.75, 3.05) is 19.7 Å². The van der Waals surface area contributed by atoms with Crippen LogP contribution in [0.3, 0.4) is 0 Å². The van der Waals surface area contributed by atoms with Crippen LogP contribution in [0.5, 0.6) is 5.88 Å². The largest absolute Gasteiger partial charge is 0.476 e. The summed E-state index contributed by atoms with van der Waals surface area (Å²) in [5, 5.41) is 3.41. The van der Waals surface area contributed by atoms with Crippen LogP contribution < -0.4 is 10.1 Å². The van der Waals surface area contributed by atoms with Crippen LogP contribution >= 0.6 is 12.4 Å². The summed E-state index contributed by atoms with van der Waals surface area (Å²) in [6.07, 6.45) is 4.07. The van der Waals surface area contributed by atoms with Gasteiger partial charge in [0.05, 0.1) is 18.5 Å². The van der Waals surface area contributed by atoms with Crippen LogP contribution in [0.2, 0.25) is 0 Å². The topological polar surface area (TPSA) is 47.0 Å². The summed E-state index contributed by atoms with van der Waals surface area (Å²) < 4.78 is 6.14. The number of ether oxygens (including phenoxy) is 1. The first kappa shape index (κ1) is 27.2. The first-order valence-corrected chi connectivity index (χ1v) is 12.5. The molecule has 2 aromatic carbocycles. The van der Waals surface area contributed by atoms with Crippen LogP contribution in [0.25, 0.3) is 22.5 Å². The van der Waals surface area contributed by atoms with Gasteiger partial charge >= 0.3 is 0 Å². The van der Waals surface area contributed by atoms with Gasteiger partial charge in [-0.2, -0.15) is 0 Å². The molecule has 0 saturated carbocycles. The minimum absolute atomic E-state index is 0. The van der Waals surface area contributed by atoms with E-state index < -0.39 is 0 Å².